The van der Waals surface area contributed by atoms with Gasteiger partial charge in [-0.25, -0.2) is 0 Å². The molecule has 4 N–H and O–H groups in total. The molecule has 0 fully saturated rings. The lowest BCUT2D eigenvalue weighted by Crippen LogP contribution is -2.48. The van der Waals surface area contributed by atoms with Gasteiger partial charge in [0, 0.05) is 11.1 Å². The Morgan fingerprint density at radius 2 is 2.33 bits per heavy atom. The standard InChI is InChI=1S/C13H18N4O/c1-3-6-13(2,14)12(18)16-10-4-5-11-9(7-10)8-15-17-11/h4-5,7-8H,3,6,14H2,1-2H3,(H,15,17)(H,16,18). The van der Waals surface area contributed by atoms with Gasteiger partial charge in [0.1, 0.15) is 0 Å². The summed E-state index contributed by atoms with van der Waals surface area (Å²) in [5, 5.41) is 10.6. The molecule has 2 rings (SSSR count). The van der Waals surface area contributed by atoms with Crippen LogP contribution in [0.1, 0.15) is 26.7 Å². The molecule has 1 amide bonds. The minimum Gasteiger partial charge on any atom is -0.324 e. The van der Waals surface area contributed by atoms with Crippen LogP contribution in [0.3, 0.4) is 0 Å². The molecule has 5 nitrogen and oxygen atoms in total. The summed E-state index contributed by atoms with van der Waals surface area (Å²) in [6, 6.07) is 5.59. The van der Waals surface area contributed by atoms with E-state index >= 15 is 0 Å². The maximum absolute atomic E-state index is 12.0. The van der Waals surface area contributed by atoms with Crippen molar-refractivity contribution in [2.75, 3.05) is 5.32 Å². The summed E-state index contributed by atoms with van der Waals surface area (Å²) in [4.78, 5) is 12.0. The third-order valence-electron chi connectivity index (χ3n) is 2.99. The normalized spacial score (nSPS) is 14.4. The molecule has 2 aromatic rings. The Balaban J connectivity index is 2.15. The second kappa shape index (κ2) is 4.78. The van der Waals surface area contributed by atoms with Gasteiger partial charge in [0.25, 0.3) is 0 Å². The number of nitrogens with zero attached hydrogens (tertiary/aromatic N) is 1. The van der Waals surface area contributed by atoms with Crippen LogP contribution < -0.4 is 11.1 Å². The van der Waals surface area contributed by atoms with Crippen molar-refractivity contribution in [1.82, 2.24) is 10.2 Å². The molecule has 0 aliphatic heterocycles. The first-order valence-electron chi connectivity index (χ1n) is 6.06. The highest BCUT2D eigenvalue weighted by atomic mass is 16.2. The number of nitrogens with two attached hydrogens (primary N) is 1. The fraction of sp³-hybridized carbons (Fsp3) is 0.385. The zero-order chi connectivity index (χ0) is 13.2. The molecule has 0 radical (unpaired) electrons. The van der Waals surface area contributed by atoms with E-state index in [0.717, 1.165) is 23.0 Å². The number of carbonyl (C=O) groups is 1. The van der Waals surface area contributed by atoms with Crippen LogP contribution in [0.5, 0.6) is 0 Å². The van der Waals surface area contributed by atoms with Crippen LogP contribution in [-0.2, 0) is 4.79 Å². The third-order valence-corrected chi connectivity index (χ3v) is 2.99. The zero-order valence-electron chi connectivity index (χ0n) is 10.7. The van der Waals surface area contributed by atoms with Crippen molar-refractivity contribution < 1.29 is 4.79 Å². The maximum atomic E-state index is 12.0. The smallest absolute Gasteiger partial charge is 0.244 e. The van der Waals surface area contributed by atoms with E-state index in [1.54, 1.807) is 13.1 Å². The first-order chi connectivity index (χ1) is 8.53. The molecule has 0 aliphatic rings. The highest BCUT2D eigenvalue weighted by Gasteiger charge is 2.27. The summed E-state index contributed by atoms with van der Waals surface area (Å²) >= 11 is 0. The average molecular weight is 246 g/mol. The van der Waals surface area contributed by atoms with E-state index in [9.17, 15) is 4.79 Å². The van der Waals surface area contributed by atoms with Crippen molar-refractivity contribution in [3.8, 4) is 0 Å². The first-order valence-corrected chi connectivity index (χ1v) is 6.06. The molecule has 5 heteroatoms. The number of fused-ring (bicyclic) bond motifs is 1. The van der Waals surface area contributed by atoms with Gasteiger partial charge < -0.3 is 11.1 Å². The van der Waals surface area contributed by atoms with Gasteiger partial charge in [-0.05, 0) is 31.5 Å². The SMILES string of the molecule is CCCC(C)(N)C(=O)Nc1ccc2[nH]ncc2c1. The summed E-state index contributed by atoms with van der Waals surface area (Å²) in [5.41, 5.74) is 6.83. The van der Waals surface area contributed by atoms with Gasteiger partial charge in [-0.2, -0.15) is 5.10 Å². The van der Waals surface area contributed by atoms with Crippen molar-refractivity contribution in [2.24, 2.45) is 5.73 Å². The van der Waals surface area contributed by atoms with E-state index < -0.39 is 5.54 Å². The van der Waals surface area contributed by atoms with E-state index in [4.69, 9.17) is 5.73 Å². The van der Waals surface area contributed by atoms with Gasteiger partial charge >= 0.3 is 0 Å². The molecule has 0 aliphatic carbocycles. The molecule has 1 unspecified atom stereocenters. The first kappa shape index (κ1) is 12.6. The number of hydrogen-bond acceptors (Lipinski definition) is 3. The highest BCUT2D eigenvalue weighted by Crippen LogP contribution is 2.18. The third kappa shape index (κ3) is 2.51. The number of amides is 1. The Morgan fingerprint density at radius 1 is 1.56 bits per heavy atom. The Labute approximate surface area is 106 Å². The topological polar surface area (TPSA) is 83.8 Å². The number of anilines is 1. The van der Waals surface area contributed by atoms with Crippen LogP contribution in [0.2, 0.25) is 0 Å². The number of aromatic nitrogens is 2. The van der Waals surface area contributed by atoms with E-state index in [0.29, 0.717) is 6.42 Å². The lowest BCUT2D eigenvalue weighted by atomic mass is 9.96. The number of aromatic amines is 1. The van der Waals surface area contributed by atoms with Crippen molar-refractivity contribution in [1.29, 1.82) is 0 Å². The van der Waals surface area contributed by atoms with Crippen molar-refractivity contribution in [3.05, 3.63) is 24.4 Å². The minimum atomic E-state index is -0.833. The van der Waals surface area contributed by atoms with E-state index in [1.807, 2.05) is 25.1 Å². The molecule has 0 saturated heterocycles. The fourth-order valence-corrected chi connectivity index (χ4v) is 1.93. The van der Waals surface area contributed by atoms with Crippen LogP contribution >= 0.6 is 0 Å². The molecule has 18 heavy (non-hydrogen) atoms. The summed E-state index contributed by atoms with van der Waals surface area (Å²) in [6.45, 7) is 3.76. The Hall–Kier alpha value is -1.88. The predicted octanol–water partition coefficient (Wildman–Crippen LogP) is 2.02. The number of nitrogens with one attached hydrogen (secondary N) is 2. The van der Waals surface area contributed by atoms with Gasteiger partial charge in [0.15, 0.2) is 0 Å². The lowest BCUT2D eigenvalue weighted by Gasteiger charge is -2.22. The minimum absolute atomic E-state index is 0.160. The molecule has 0 bridgehead atoms. The number of benzene rings is 1. The zero-order valence-corrected chi connectivity index (χ0v) is 10.7. The molecule has 1 heterocycles. The van der Waals surface area contributed by atoms with Crippen LogP contribution in [0.15, 0.2) is 24.4 Å². The summed E-state index contributed by atoms with van der Waals surface area (Å²) in [5.74, 6) is -0.160. The van der Waals surface area contributed by atoms with Gasteiger partial charge in [-0.15, -0.1) is 0 Å². The summed E-state index contributed by atoms with van der Waals surface area (Å²) < 4.78 is 0. The number of H-pyrrole nitrogens is 1. The van der Waals surface area contributed by atoms with Crippen LogP contribution in [0.4, 0.5) is 5.69 Å². The van der Waals surface area contributed by atoms with Crippen LogP contribution in [0.25, 0.3) is 10.9 Å². The lowest BCUT2D eigenvalue weighted by molar-refractivity contribution is -0.120. The number of carbonyl (C=O) groups excluding carboxylic acids is 1. The van der Waals surface area contributed by atoms with Crippen LogP contribution in [0, 0.1) is 0 Å². The largest absolute Gasteiger partial charge is 0.324 e. The molecular weight excluding hydrogens is 228 g/mol. The van der Waals surface area contributed by atoms with Crippen molar-refractivity contribution >= 4 is 22.5 Å². The molecule has 1 aromatic heterocycles. The number of rotatable bonds is 4. The van der Waals surface area contributed by atoms with E-state index in [2.05, 4.69) is 15.5 Å². The Kier molecular flexibility index (Phi) is 3.34. The van der Waals surface area contributed by atoms with Gasteiger partial charge in [-0.3, -0.25) is 9.89 Å². The molecule has 1 aromatic carbocycles. The summed E-state index contributed by atoms with van der Waals surface area (Å²) in [7, 11) is 0. The quantitative estimate of drug-likeness (QED) is 0.771. The second-order valence-corrected chi connectivity index (χ2v) is 4.79. The van der Waals surface area contributed by atoms with Crippen LogP contribution in [-0.4, -0.2) is 21.6 Å². The van der Waals surface area contributed by atoms with Gasteiger partial charge in [-0.1, -0.05) is 13.3 Å². The van der Waals surface area contributed by atoms with E-state index in [-0.39, 0.29) is 5.91 Å². The average Bonchev–Trinajstić information content (AvgIpc) is 2.76. The van der Waals surface area contributed by atoms with Crippen molar-refractivity contribution in [2.45, 2.75) is 32.2 Å². The maximum Gasteiger partial charge on any atom is 0.244 e. The Morgan fingerprint density at radius 3 is 3.06 bits per heavy atom. The van der Waals surface area contributed by atoms with Gasteiger partial charge in [0.2, 0.25) is 5.91 Å². The molecule has 0 spiro atoms. The highest BCUT2D eigenvalue weighted by molar-refractivity contribution is 5.99. The van der Waals surface area contributed by atoms with Gasteiger partial charge in [0.05, 0.1) is 17.3 Å². The summed E-state index contributed by atoms with van der Waals surface area (Å²) in [6.07, 6.45) is 3.26. The number of hydrogen-bond donors (Lipinski definition) is 3. The second-order valence-electron chi connectivity index (χ2n) is 4.79. The Bertz CT molecular complexity index is 559. The molecular formula is C13H18N4O. The molecule has 1 atom stereocenters. The molecule has 0 saturated carbocycles. The van der Waals surface area contributed by atoms with E-state index in [1.165, 1.54) is 0 Å². The fourth-order valence-electron chi connectivity index (χ4n) is 1.93. The molecule has 96 valence electrons. The monoisotopic (exact) mass is 246 g/mol. The van der Waals surface area contributed by atoms with Crippen molar-refractivity contribution in [3.63, 3.8) is 0 Å². The predicted molar refractivity (Wildman–Crippen MR) is 72.2 cm³/mol.